The van der Waals surface area contributed by atoms with Crippen molar-refractivity contribution >= 4 is 40.7 Å². The molecule has 1 saturated heterocycles. The van der Waals surface area contributed by atoms with Crippen LogP contribution in [0.2, 0.25) is 10.0 Å². The number of amides is 2. The number of carbonyl (C=O) groups excluding carboxylic acids is 2. The number of morpholine rings is 1. The van der Waals surface area contributed by atoms with E-state index in [1.165, 1.54) is 10.9 Å². The van der Waals surface area contributed by atoms with Crippen LogP contribution >= 0.6 is 23.2 Å². The van der Waals surface area contributed by atoms with E-state index in [2.05, 4.69) is 15.5 Å². The van der Waals surface area contributed by atoms with Gasteiger partial charge < -0.3 is 19.7 Å². The molecule has 2 amide bonds. The lowest BCUT2D eigenvalue weighted by Crippen LogP contribution is -2.41. The molecule has 0 aliphatic carbocycles. The molecular weight excluding hydrogens is 471 g/mol. The molecule has 33 heavy (non-hydrogen) atoms. The first-order valence-electron chi connectivity index (χ1n) is 10.3. The molecule has 1 aliphatic heterocycles. The van der Waals surface area contributed by atoms with Gasteiger partial charge in [-0.3, -0.25) is 14.3 Å². The highest BCUT2D eigenvalue weighted by atomic mass is 35.5. The van der Waals surface area contributed by atoms with Gasteiger partial charge in [0.2, 0.25) is 0 Å². The van der Waals surface area contributed by atoms with Gasteiger partial charge in [-0.1, -0.05) is 29.3 Å². The Morgan fingerprint density at radius 1 is 1.21 bits per heavy atom. The highest BCUT2D eigenvalue weighted by Gasteiger charge is 2.26. The maximum atomic E-state index is 13.1. The van der Waals surface area contributed by atoms with Crippen LogP contribution < -0.4 is 10.1 Å². The molecule has 1 fully saturated rings. The molecular formula is C21H22Cl2N6O4. The van der Waals surface area contributed by atoms with E-state index in [1.807, 2.05) is 6.92 Å². The molecule has 1 aliphatic rings. The van der Waals surface area contributed by atoms with Crippen LogP contribution in [0.4, 0.5) is 5.69 Å². The number of aromatic nitrogens is 4. The van der Waals surface area contributed by atoms with Gasteiger partial charge >= 0.3 is 0 Å². The number of rotatable bonds is 7. The normalized spacial score (nSPS) is 13.7. The predicted molar refractivity (Wildman–Crippen MR) is 122 cm³/mol. The first kappa shape index (κ1) is 23.1. The minimum absolute atomic E-state index is 0.0296. The van der Waals surface area contributed by atoms with E-state index >= 15 is 0 Å². The molecule has 10 nitrogen and oxygen atoms in total. The molecule has 174 valence electrons. The number of anilines is 1. The van der Waals surface area contributed by atoms with E-state index in [-0.39, 0.29) is 18.3 Å². The van der Waals surface area contributed by atoms with Crippen molar-refractivity contribution < 1.29 is 19.1 Å². The van der Waals surface area contributed by atoms with Gasteiger partial charge in [0.05, 0.1) is 30.1 Å². The zero-order valence-electron chi connectivity index (χ0n) is 17.8. The fraction of sp³-hybridized carbons (Fsp3) is 0.333. The van der Waals surface area contributed by atoms with Gasteiger partial charge in [-0.2, -0.15) is 10.2 Å². The second kappa shape index (κ2) is 10.2. The first-order valence-corrected chi connectivity index (χ1v) is 11.1. The topological polar surface area (TPSA) is 104 Å². The number of hydrogen-bond acceptors (Lipinski definition) is 6. The molecule has 0 radical (unpaired) electrons. The number of halogens is 2. The molecule has 3 aromatic rings. The third-order valence-corrected chi connectivity index (χ3v) is 5.83. The average Bonchev–Trinajstić information content (AvgIpc) is 3.47. The molecule has 0 unspecified atom stereocenters. The van der Waals surface area contributed by atoms with E-state index in [0.717, 1.165) is 0 Å². The Morgan fingerprint density at radius 2 is 2.00 bits per heavy atom. The standard InChI is InChI=1S/C21H22Cl2N6O4/c1-2-29-19(21(31)27-8-10-32-11-9-27)16(12-24-29)25-20(30)15-6-7-28(26-15)13-33-17-5-3-4-14(22)18(17)23/h3-7,12H,2,8-11,13H2,1H3,(H,25,30). The third-order valence-electron chi connectivity index (χ3n) is 5.03. The zero-order chi connectivity index (χ0) is 23.4. The Labute approximate surface area is 200 Å². The summed E-state index contributed by atoms with van der Waals surface area (Å²) in [7, 11) is 0. The van der Waals surface area contributed by atoms with Crippen LogP contribution in [0.5, 0.6) is 5.75 Å². The van der Waals surface area contributed by atoms with Crippen molar-refractivity contribution in [2.75, 3.05) is 31.6 Å². The summed E-state index contributed by atoms with van der Waals surface area (Å²) in [6.07, 6.45) is 3.07. The van der Waals surface area contributed by atoms with Crippen LogP contribution in [-0.4, -0.2) is 62.6 Å². The van der Waals surface area contributed by atoms with Crippen molar-refractivity contribution in [1.29, 1.82) is 0 Å². The largest absolute Gasteiger partial charge is 0.470 e. The lowest BCUT2D eigenvalue weighted by Gasteiger charge is -2.27. The fourth-order valence-corrected chi connectivity index (χ4v) is 3.68. The Bertz CT molecular complexity index is 1160. The highest BCUT2D eigenvalue weighted by Crippen LogP contribution is 2.31. The van der Waals surface area contributed by atoms with Gasteiger partial charge in [-0.25, -0.2) is 4.68 Å². The van der Waals surface area contributed by atoms with Gasteiger partial charge in [-0.15, -0.1) is 0 Å². The van der Waals surface area contributed by atoms with E-state index < -0.39 is 5.91 Å². The minimum atomic E-state index is -0.471. The minimum Gasteiger partial charge on any atom is -0.470 e. The van der Waals surface area contributed by atoms with Crippen molar-refractivity contribution in [3.05, 3.63) is 58.1 Å². The number of nitrogens with one attached hydrogen (secondary N) is 1. The Kier molecular flexibility index (Phi) is 7.17. The summed E-state index contributed by atoms with van der Waals surface area (Å²) in [5, 5.41) is 11.9. The molecule has 0 atom stereocenters. The molecule has 3 heterocycles. The van der Waals surface area contributed by atoms with Crippen molar-refractivity contribution in [2.45, 2.75) is 20.2 Å². The number of hydrogen-bond donors (Lipinski definition) is 1. The maximum Gasteiger partial charge on any atom is 0.276 e. The van der Waals surface area contributed by atoms with E-state index in [1.54, 1.807) is 40.0 Å². The lowest BCUT2D eigenvalue weighted by atomic mass is 10.2. The van der Waals surface area contributed by atoms with Crippen molar-refractivity contribution in [3.63, 3.8) is 0 Å². The predicted octanol–water partition coefficient (Wildman–Crippen LogP) is 3.17. The van der Waals surface area contributed by atoms with Crippen LogP contribution in [0.3, 0.4) is 0 Å². The number of benzene rings is 1. The van der Waals surface area contributed by atoms with Crippen LogP contribution in [0.1, 0.15) is 27.9 Å². The molecule has 1 N–H and O–H groups in total. The monoisotopic (exact) mass is 492 g/mol. The van der Waals surface area contributed by atoms with Gasteiger partial charge in [0.15, 0.2) is 12.4 Å². The summed E-state index contributed by atoms with van der Waals surface area (Å²) in [6.45, 7) is 4.33. The Hall–Kier alpha value is -3.08. The highest BCUT2D eigenvalue weighted by molar-refractivity contribution is 6.42. The van der Waals surface area contributed by atoms with Gasteiger partial charge in [0.25, 0.3) is 11.8 Å². The summed E-state index contributed by atoms with van der Waals surface area (Å²) in [5.41, 5.74) is 0.811. The van der Waals surface area contributed by atoms with Crippen LogP contribution in [0, 0.1) is 0 Å². The second-order valence-corrected chi connectivity index (χ2v) is 7.93. The SMILES string of the molecule is CCn1ncc(NC(=O)c2ccn(COc3cccc(Cl)c3Cl)n2)c1C(=O)N1CCOCC1. The van der Waals surface area contributed by atoms with Crippen LogP contribution in [0.15, 0.2) is 36.7 Å². The van der Waals surface area contributed by atoms with E-state index in [4.69, 9.17) is 32.7 Å². The summed E-state index contributed by atoms with van der Waals surface area (Å²) < 4.78 is 14.0. The van der Waals surface area contributed by atoms with Gasteiger partial charge in [0, 0.05) is 25.8 Å². The van der Waals surface area contributed by atoms with Crippen molar-refractivity contribution in [1.82, 2.24) is 24.5 Å². The van der Waals surface area contributed by atoms with Crippen LogP contribution in [0.25, 0.3) is 0 Å². The third kappa shape index (κ3) is 5.13. The molecule has 12 heteroatoms. The molecule has 2 aromatic heterocycles. The summed E-state index contributed by atoms with van der Waals surface area (Å²) in [5.74, 6) is -0.268. The second-order valence-electron chi connectivity index (χ2n) is 7.15. The molecule has 4 rings (SSSR count). The number of nitrogens with zero attached hydrogens (tertiary/aromatic N) is 5. The number of ether oxygens (including phenoxy) is 2. The summed E-state index contributed by atoms with van der Waals surface area (Å²) in [6, 6.07) is 6.61. The Morgan fingerprint density at radius 3 is 2.76 bits per heavy atom. The van der Waals surface area contributed by atoms with Gasteiger partial charge in [0.1, 0.15) is 16.5 Å². The summed E-state index contributed by atoms with van der Waals surface area (Å²) >= 11 is 12.1. The van der Waals surface area contributed by atoms with E-state index in [0.29, 0.717) is 60.0 Å². The van der Waals surface area contributed by atoms with Crippen molar-refractivity contribution in [2.24, 2.45) is 0 Å². The smallest absolute Gasteiger partial charge is 0.276 e. The maximum absolute atomic E-state index is 13.1. The van der Waals surface area contributed by atoms with E-state index in [9.17, 15) is 9.59 Å². The molecule has 0 bridgehead atoms. The molecule has 1 aromatic carbocycles. The lowest BCUT2D eigenvalue weighted by molar-refractivity contribution is 0.0295. The van der Waals surface area contributed by atoms with Crippen molar-refractivity contribution in [3.8, 4) is 5.75 Å². The average molecular weight is 493 g/mol. The molecule has 0 spiro atoms. The molecule has 0 saturated carbocycles. The summed E-state index contributed by atoms with van der Waals surface area (Å²) in [4.78, 5) is 27.5. The first-order chi connectivity index (χ1) is 16.0. The van der Waals surface area contributed by atoms with Crippen LogP contribution in [-0.2, 0) is 18.0 Å². The zero-order valence-corrected chi connectivity index (χ0v) is 19.3. The number of aryl methyl sites for hydroxylation is 1. The van der Waals surface area contributed by atoms with Gasteiger partial charge in [-0.05, 0) is 25.1 Å². The Balaban J connectivity index is 1.45. The quantitative estimate of drug-likeness (QED) is 0.543. The number of carbonyl (C=O) groups is 2. The fourth-order valence-electron chi connectivity index (χ4n) is 3.33.